The van der Waals surface area contributed by atoms with Crippen LogP contribution in [0.25, 0.3) is 11.1 Å². The summed E-state index contributed by atoms with van der Waals surface area (Å²) < 4.78 is 6.08. The summed E-state index contributed by atoms with van der Waals surface area (Å²) in [6.45, 7) is 5.21. The Balaban J connectivity index is 2.17. The lowest BCUT2D eigenvalue weighted by atomic mass is 9.99. The second kappa shape index (κ2) is 7.49. The molecule has 20 heavy (non-hydrogen) atoms. The lowest BCUT2D eigenvalue weighted by Crippen LogP contribution is -2.19. The van der Waals surface area contributed by atoms with Crippen molar-refractivity contribution in [2.45, 2.75) is 13.8 Å². The molecule has 0 amide bonds. The number of rotatable bonds is 6. The standard InChI is InChI=1S/C18H21BrO/c1-14(2)16(12-19)13-20-18-11-7-6-10-17(18)15-8-4-3-5-9-15/h3-11,14,16H,12-13H2,1-2H3. The summed E-state index contributed by atoms with van der Waals surface area (Å²) in [5.41, 5.74) is 2.35. The Hall–Kier alpha value is -1.28. The van der Waals surface area contributed by atoms with Crippen molar-refractivity contribution in [3.63, 3.8) is 0 Å². The topological polar surface area (TPSA) is 9.23 Å². The SMILES string of the molecule is CC(C)C(CBr)COc1ccccc1-c1ccccc1. The van der Waals surface area contributed by atoms with Gasteiger partial charge in [-0.1, -0.05) is 78.3 Å². The van der Waals surface area contributed by atoms with Crippen LogP contribution >= 0.6 is 15.9 Å². The molecule has 0 heterocycles. The molecule has 0 fully saturated rings. The Labute approximate surface area is 130 Å². The molecule has 0 N–H and O–H groups in total. The van der Waals surface area contributed by atoms with E-state index in [1.54, 1.807) is 0 Å². The highest BCUT2D eigenvalue weighted by atomic mass is 79.9. The number of hydrogen-bond acceptors (Lipinski definition) is 1. The molecule has 0 spiro atoms. The Morgan fingerprint density at radius 1 is 0.950 bits per heavy atom. The predicted octanol–water partition coefficient (Wildman–Crippen LogP) is 5.40. The molecule has 0 radical (unpaired) electrons. The van der Waals surface area contributed by atoms with Crippen LogP contribution in [0.2, 0.25) is 0 Å². The summed E-state index contributed by atoms with van der Waals surface area (Å²) in [5.74, 6) is 2.10. The minimum absolute atomic E-state index is 0.527. The maximum atomic E-state index is 6.08. The summed E-state index contributed by atoms with van der Waals surface area (Å²) in [5, 5.41) is 0.970. The minimum Gasteiger partial charge on any atom is -0.493 e. The molecule has 0 saturated heterocycles. The maximum absolute atomic E-state index is 6.08. The van der Waals surface area contributed by atoms with E-state index in [9.17, 15) is 0 Å². The van der Waals surface area contributed by atoms with Gasteiger partial charge in [0.05, 0.1) is 6.61 Å². The van der Waals surface area contributed by atoms with Crippen molar-refractivity contribution in [2.75, 3.05) is 11.9 Å². The lowest BCUT2D eigenvalue weighted by molar-refractivity contribution is 0.228. The highest BCUT2D eigenvalue weighted by Gasteiger charge is 2.14. The second-order valence-corrected chi connectivity index (χ2v) is 5.98. The van der Waals surface area contributed by atoms with Gasteiger partial charge in [-0.05, 0) is 17.5 Å². The summed E-state index contributed by atoms with van der Waals surface area (Å²) in [7, 11) is 0. The molecule has 0 aromatic heterocycles. The van der Waals surface area contributed by atoms with Gasteiger partial charge in [-0.2, -0.15) is 0 Å². The number of halogens is 1. The first-order chi connectivity index (χ1) is 9.72. The van der Waals surface area contributed by atoms with Crippen molar-refractivity contribution in [2.24, 2.45) is 11.8 Å². The molecule has 2 rings (SSSR count). The molecular weight excluding hydrogens is 312 g/mol. The molecule has 1 nitrogen and oxygen atoms in total. The summed E-state index contributed by atoms with van der Waals surface area (Å²) >= 11 is 3.57. The Morgan fingerprint density at radius 2 is 1.60 bits per heavy atom. The average molecular weight is 333 g/mol. The van der Waals surface area contributed by atoms with E-state index in [1.165, 1.54) is 5.56 Å². The molecule has 1 unspecified atom stereocenters. The largest absolute Gasteiger partial charge is 0.493 e. The molecule has 0 saturated carbocycles. The van der Waals surface area contributed by atoms with E-state index < -0.39 is 0 Å². The maximum Gasteiger partial charge on any atom is 0.127 e. The van der Waals surface area contributed by atoms with Crippen LogP contribution in [0.1, 0.15) is 13.8 Å². The van der Waals surface area contributed by atoms with E-state index >= 15 is 0 Å². The third-order valence-corrected chi connectivity index (χ3v) is 4.40. The van der Waals surface area contributed by atoms with Crippen LogP contribution in [0.5, 0.6) is 5.75 Å². The van der Waals surface area contributed by atoms with Crippen molar-refractivity contribution < 1.29 is 4.74 Å². The van der Waals surface area contributed by atoms with Crippen molar-refractivity contribution in [1.82, 2.24) is 0 Å². The highest BCUT2D eigenvalue weighted by molar-refractivity contribution is 9.09. The molecule has 0 aliphatic carbocycles. The first kappa shape index (κ1) is 15.1. The number of hydrogen-bond donors (Lipinski definition) is 0. The number of alkyl halides is 1. The van der Waals surface area contributed by atoms with Crippen molar-refractivity contribution >= 4 is 15.9 Å². The van der Waals surface area contributed by atoms with Crippen LogP contribution in [0, 0.1) is 11.8 Å². The number of benzene rings is 2. The minimum atomic E-state index is 0.527. The van der Waals surface area contributed by atoms with Crippen LogP contribution in [0.15, 0.2) is 54.6 Å². The fourth-order valence-electron chi connectivity index (χ4n) is 2.06. The zero-order valence-corrected chi connectivity index (χ0v) is 13.6. The van der Waals surface area contributed by atoms with Gasteiger partial charge in [-0.25, -0.2) is 0 Å². The van der Waals surface area contributed by atoms with Crippen molar-refractivity contribution in [3.8, 4) is 16.9 Å². The van der Waals surface area contributed by atoms with Crippen molar-refractivity contribution in [3.05, 3.63) is 54.6 Å². The van der Waals surface area contributed by atoms with Gasteiger partial charge in [0.1, 0.15) is 5.75 Å². The van der Waals surface area contributed by atoms with Gasteiger partial charge in [0.25, 0.3) is 0 Å². The fraction of sp³-hybridized carbons (Fsp3) is 0.333. The summed E-state index contributed by atoms with van der Waals surface area (Å²) in [4.78, 5) is 0. The number of ether oxygens (including phenoxy) is 1. The van der Waals surface area contributed by atoms with Crippen LogP contribution in [0.4, 0.5) is 0 Å². The average Bonchev–Trinajstić information content (AvgIpc) is 2.49. The van der Waals surface area contributed by atoms with Gasteiger partial charge in [-0.3, -0.25) is 0 Å². The molecule has 0 aliphatic heterocycles. The smallest absolute Gasteiger partial charge is 0.127 e. The zero-order chi connectivity index (χ0) is 14.4. The molecular formula is C18H21BrO. The van der Waals surface area contributed by atoms with E-state index in [2.05, 4.69) is 66.2 Å². The lowest BCUT2D eigenvalue weighted by Gasteiger charge is -2.20. The predicted molar refractivity (Wildman–Crippen MR) is 89.5 cm³/mol. The van der Waals surface area contributed by atoms with E-state index in [4.69, 9.17) is 4.74 Å². The molecule has 2 heteroatoms. The van der Waals surface area contributed by atoms with Crippen LogP contribution in [-0.2, 0) is 0 Å². The van der Waals surface area contributed by atoms with Crippen LogP contribution in [0.3, 0.4) is 0 Å². The van der Waals surface area contributed by atoms with Gasteiger partial charge in [0, 0.05) is 16.8 Å². The Bertz CT molecular complexity index is 522. The van der Waals surface area contributed by atoms with E-state index in [0.29, 0.717) is 11.8 Å². The molecule has 1 atom stereocenters. The third kappa shape index (κ3) is 3.86. The molecule has 2 aromatic carbocycles. The highest BCUT2D eigenvalue weighted by Crippen LogP contribution is 2.30. The van der Waals surface area contributed by atoms with Gasteiger partial charge < -0.3 is 4.74 Å². The molecule has 106 valence electrons. The Morgan fingerprint density at radius 3 is 2.25 bits per heavy atom. The molecule has 0 bridgehead atoms. The normalized spacial score (nSPS) is 12.4. The first-order valence-corrected chi connectivity index (χ1v) is 8.17. The fourth-order valence-corrected chi connectivity index (χ4v) is 3.00. The Kier molecular flexibility index (Phi) is 5.66. The van der Waals surface area contributed by atoms with Gasteiger partial charge in [-0.15, -0.1) is 0 Å². The van der Waals surface area contributed by atoms with Crippen LogP contribution < -0.4 is 4.74 Å². The van der Waals surface area contributed by atoms with Gasteiger partial charge in [0.15, 0.2) is 0 Å². The monoisotopic (exact) mass is 332 g/mol. The second-order valence-electron chi connectivity index (χ2n) is 5.33. The quantitative estimate of drug-likeness (QED) is 0.643. The first-order valence-electron chi connectivity index (χ1n) is 7.05. The van der Waals surface area contributed by atoms with E-state index in [1.807, 2.05) is 18.2 Å². The van der Waals surface area contributed by atoms with Crippen LogP contribution in [-0.4, -0.2) is 11.9 Å². The third-order valence-electron chi connectivity index (χ3n) is 3.57. The number of para-hydroxylation sites is 1. The summed E-state index contributed by atoms with van der Waals surface area (Å²) in [6, 6.07) is 18.6. The summed E-state index contributed by atoms with van der Waals surface area (Å²) in [6.07, 6.45) is 0. The van der Waals surface area contributed by atoms with E-state index in [-0.39, 0.29) is 0 Å². The van der Waals surface area contributed by atoms with Gasteiger partial charge in [0.2, 0.25) is 0 Å². The van der Waals surface area contributed by atoms with Crippen molar-refractivity contribution in [1.29, 1.82) is 0 Å². The zero-order valence-electron chi connectivity index (χ0n) is 12.1. The molecule has 0 aliphatic rings. The van der Waals surface area contributed by atoms with E-state index in [0.717, 1.165) is 23.2 Å². The van der Waals surface area contributed by atoms with Gasteiger partial charge >= 0.3 is 0 Å². The molecule has 2 aromatic rings.